The maximum absolute atomic E-state index is 12.7. The molecule has 3 N–H and O–H groups in total. The molecule has 0 aliphatic heterocycles. The summed E-state index contributed by atoms with van der Waals surface area (Å²) in [7, 11) is 1.62. The third-order valence-corrected chi connectivity index (χ3v) is 4.87. The van der Waals surface area contributed by atoms with Crippen LogP contribution in [0.2, 0.25) is 0 Å². The lowest BCUT2D eigenvalue weighted by Crippen LogP contribution is -2.33. The third-order valence-electron chi connectivity index (χ3n) is 4.87. The Morgan fingerprint density at radius 1 is 1.23 bits per heavy atom. The lowest BCUT2D eigenvalue weighted by molar-refractivity contribution is 0.0732. The number of aromatic nitrogens is 1. The molecule has 1 heterocycles. The molecule has 7 heteroatoms. The maximum atomic E-state index is 12.7. The number of carbonyl (C=O) groups excluding carboxylic acids is 1. The number of aliphatic hydroxyl groups excluding tert-OH is 1. The van der Waals surface area contributed by atoms with Crippen molar-refractivity contribution in [3.63, 3.8) is 0 Å². The number of rotatable bonds is 8. The van der Waals surface area contributed by atoms with Gasteiger partial charge in [0, 0.05) is 36.6 Å². The molecule has 0 saturated heterocycles. The Hall–Kier alpha value is -3.71. The fourth-order valence-electron chi connectivity index (χ4n) is 3.21. The molecule has 3 rings (SSSR count). The van der Waals surface area contributed by atoms with Gasteiger partial charge in [0.1, 0.15) is 17.3 Å². The standard InChI is InChI=1S/C24H26N4O3/c1-3-28(13-14-29)24(30)19-6-4-5-17(15-19)16-27-22-21(11-12-26-23(22)25)18-7-9-20(31-2)10-8-18/h4-12,15-16,29H,3,13-14H2,1-2H3,(H2,25,26). The lowest BCUT2D eigenvalue weighted by Gasteiger charge is -2.19. The fraction of sp³-hybridized carbons (Fsp3) is 0.208. The first-order valence-electron chi connectivity index (χ1n) is 10.0. The van der Waals surface area contributed by atoms with E-state index in [1.165, 1.54) is 0 Å². The van der Waals surface area contributed by atoms with E-state index in [-0.39, 0.29) is 12.5 Å². The van der Waals surface area contributed by atoms with Crippen molar-refractivity contribution in [1.82, 2.24) is 9.88 Å². The number of methoxy groups -OCH3 is 1. The second-order valence-electron chi connectivity index (χ2n) is 6.81. The molecule has 2 aromatic carbocycles. The van der Waals surface area contributed by atoms with Crippen LogP contribution in [-0.2, 0) is 0 Å². The molecule has 31 heavy (non-hydrogen) atoms. The second-order valence-corrected chi connectivity index (χ2v) is 6.81. The first-order chi connectivity index (χ1) is 15.1. The van der Waals surface area contributed by atoms with E-state index < -0.39 is 0 Å². The molecular formula is C24H26N4O3. The van der Waals surface area contributed by atoms with E-state index in [2.05, 4.69) is 9.98 Å². The Balaban J connectivity index is 1.91. The van der Waals surface area contributed by atoms with Crippen molar-refractivity contribution >= 4 is 23.6 Å². The number of likely N-dealkylation sites (N-methyl/N-ethyl adjacent to an activating group) is 1. The van der Waals surface area contributed by atoms with Crippen LogP contribution in [0.15, 0.2) is 65.8 Å². The number of nitrogen functional groups attached to an aromatic ring is 1. The summed E-state index contributed by atoms with van der Waals surface area (Å²) in [6.45, 7) is 2.63. The monoisotopic (exact) mass is 418 g/mol. The van der Waals surface area contributed by atoms with Gasteiger partial charge in [-0.1, -0.05) is 24.3 Å². The molecule has 7 nitrogen and oxygen atoms in total. The Bertz CT molecular complexity index is 1060. The first kappa shape index (κ1) is 22.0. The summed E-state index contributed by atoms with van der Waals surface area (Å²) < 4.78 is 5.22. The van der Waals surface area contributed by atoms with E-state index in [4.69, 9.17) is 15.6 Å². The zero-order valence-corrected chi connectivity index (χ0v) is 17.7. The molecule has 0 saturated carbocycles. The van der Waals surface area contributed by atoms with Crippen LogP contribution in [0.4, 0.5) is 11.5 Å². The van der Waals surface area contributed by atoms with Gasteiger partial charge >= 0.3 is 0 Å². The van der Waals surface area contributed by atoms with E-state index in [0.717, 1.165) is 22.4 Å². The summed E-state index contributed by atoms with van der Waals surface area (Å²) in [5.41, 5.74) is 9.75. The van der Waals surface area contributed by atoms with Crippen LogP contribution in [0.25, 0.3) is 11.1 Å². The summed E-state index contributed by atoms with van der Waals surface area (Å²) in [6.07, 6.45) is 3.31. The summed E-state index contributed by atoms with van der Waals surface area (Å²) in [4.78, 5) is 23.0. The number of nitrogens with two attached hydrogens (primary N) is 1. The molecule has 0 fully saturated rings. The number of aliphatic imine (C=N–C) groups is 1. The highest BCUT2D eigenvalue weighted by Gasteiger charge is 2.14. The SMILES string of the molecule is CCN(CCO)C(=O)c1cccc(C=Nc2c(-c3ccc(OC)cc3)ccnc2N)c1. The zero-order valence-electron chi connectivity index (χ0n) is 17.7. The highest BCUT2D eigenvalue weighted by atomic mass is 16.5. The Morgan fingerprint density at radius 3 is 2.68 bits per heavy atom. The number of hydrogen-bond donors (Lipinski definition) is 2. The molecule has 0 spiro atoms. The van der Waals surface area contributed by atoms with Gasteiger partial charge in [-0.25, -0.2) is 4.98 Å². The molecule has 3 aromatic rings. The number of carbonyl (C=O) groups is 1. The van der Waals surface area contributed by atoms with Crippen LogP contribution >= 0.6 is 0 Å². The second kappa shape index (κ2) is 10.4. The van der Waals surface area contributed by atoms with Crippen LogP contribution < -0.4 is 10.5 Å². The van der Waals surface area contributed by atoms with Crippen molar-refractivity contribution in [2.24, 2.45) is 4.99 Å². The predicted octanol–water partition coefficient (Wildman–Crippen LogP) is 3.54. The van der Waals surface area contributed by atoms with E-state index in [1.807, 2.05) is 43.3 Å². The average Bonchev–Trinajstić information content (AvgIpc) is 2.81. The van der Waals surface area contributed by atoms with Crippen LogP contribution in [0, 0.1) is 0 Å². The quantitative estimate of drug-likeness (QED) is 0.545. The molecule has 160 valence electrons. The Labute approximate surface area is 181 Å². The zero-order chi connectivity index (χ0) is 22.2. The van der Waals surface area contributed by atoms with Crippen molar-refractivity contribution in [1.29, 1.82) is 0 Å². The number of ether oxygens (including phenoxy) is 1. The topological polar surface area (TPSA) is 101 Å². The van der Waals surface area contributed by atoms with Crippen LogP contribution in [0.1, 0.15) is 22.8 Å². The smallest absolute Gasteiger partial charge is 0.253 e. The van der Waals surface area contributed by atoms with Crippen molar-refractivity contribution in [3.05, 3.63) is 71.9 Å². The van der Waals surface area contributed by atoms with Gasteiger partial charge in [0.05, 0.1) is 13.7 Å². The summed E-state index contributed by atoms with van der Waals surface area (Å²) in [5.74, 6) is 0.947. The largest absolute Gasteiger partial charge is 0.497 e. The number of anilines is 1. The number of nitrogens with zero attached hydrogens (tertiary/aromatic N) is 3. The van der Waals surface area contributed by atoms with E-state index >= 15 is 0 Å². The minimum atomic E-state index is -0.133. The Morgan fingerprint density at radius 2 is 2.00 bits per heavy atom. The first-order valence-corrected chi connectivity index (χ1v) is 10.0. The molecule has 0 aliphatic carbocycles. The highest BCUT2D eigenvalue weighted by Crippen LogP contribution is 2.34. The average molecular weight is 418 g/mol. The van der Waals surface area contributed by atoms with Gasteiger partial charge in [-0.3, -0.25) is 9.79 Å². The molecule has 0 aliphatic rings. The molecule has 0 bridgehead atoms. The van der Waals surface area contributed by atoms with Gasteiger partial charge < -0.3 is 20.5 Å². The summed E-state index contributed by atoms with van der Waals surface area (Å²) in [6, 6.07) is 16.7. The number of benzene rings is 2. The molecule has 0 atom stereocenters. The van der Waals surface area contributed by atoms with E-state index in [0.29, 0.717) is 30.2 Å². The molecule has 1 amide bonds. The lowest BCUT2D eigenvalue weighted by atomic mass is 10.0. The van der Waals surface area contributed by atoms with Gasteiger partial charge in [0.15, 0.2) is 0 Å². The van der Waals surface area contributed by atoms with Gasteiger partial charge in [-0.2, -0.15) is 0 Å². The van der Waals surface area contributed by atoms with Crippen molar-refractivity contribution < 1.29 is 14.6 Å². The fourth-order valence-corrected chi connectivity index (χ4v) is 3.21. The van der Waals surface area contributed by atoms with Gasteiger partial charge in [-0.15, -0.1) is 0 Å². The van der Waals surface area contributed by atoms with E-state index in [9.17, 15) is 4.79 Å². The minimum absolute atomic E-state index is 0.0743. The number of pyridine rings is 1. The van der Waals surface area contributed by atoms with Gasteiger partial charge in [-0.05, 0) is 48.4 Å². The molecule has 1 aromatic heterocycles. The maximum Gasteiger partial charge on any atom is 0.253 e. The minimum Gasteiger partial charge on any atom is -0.497 e. The predicted molar refractivity (Wildman–Crippen MR) is 123 cm³/mol. The molecule has 0 radical (unpaired) electrons. The van der Waals surface area contributed by atoms with Crippen molar-refractivity contribution in [2.45, 2.75) is 6.92 Å². The molecule has 0 unspecified atom stereocenters. The van der Waals surface area contributed by atoms with Crippen molar-refractivity contribution in [2.75, 3.05) is 32.5 Å². The summed E-state index contributed by atoms with van der Waals surface area (Å²) in [5, 5.41) is 9.16. The Kier molecular flexibility index (Phi) is 7.35. The summed E-state index contributed by atoms with van der Waals surface area (Å²) >= 11 is 0. The van der Waals surface area contributed by atoms with Crippen LogP contribution in [-0.4, -0.2) is 53.9 Å². The number of hydrogen-bond acceptors (Lipinski definition) is 6. The van der Waals surface area contributed by atoms with Crippen LogP contribution in [0.3, 0.4) is 0 Å². The number of aliphatic hydroxyl groups is 1. The van der Waals surface area contributed by atoms with Gasteiger partial charge in [0.25, 0.3) is 5.91 Å². The van der Waals surface area contributed by atoms with Gasteiger partial charge in [0.2, 0.25) is 0 Å². The normalized spacial score (nSPS) is 10.9. The molecular weight excluding hydrogens is 392 g/mol. The van der Waals surface area contributed by atoms with Crippen LogP contribution in [0.5, 0.6) is 5.75 Å². The third kappa shape index (κ3) is 5.26. The van der Waals surface area contributed by atoms with Crippen molar-refractivity contribution in [3.8, 4) is 16.9 Å². The highest BCUT2D eigenvalue weighted by molar-refractivity contribution is 5.97. The number of amides is 1. The van der Waals surface area contributed by atoms with E-state index in [1.54, 1.807) is 42.6 Å².